The molecule has 0 aliphatic rings. The minimum Gasteiger partial charge on any atom is -0.349 e. The monoisotopic (exact) mass is 324 g/mol. The highest BCUT2D eigenvalue weighted by Gasteiger charge is 2.13. The molecular weight excluding hydrogens is 304 g/mol. The molecule has 24 heavy (non-hydrogen) atoms. The topological polar surface area (TPSA) is 68.9 Å². The number of hydrogen-bond donors (Lipinski definition) is 1. The Bertz CT molecular complexity index is 912. The Hall–Kier alpha value is -2.89. The first-order valence-corrected chi connectivity index (χ1v) is 7.91. The van der Waals surface area contributed by atoms with E-state index in [1.165, 1.54) is 0 Å². The predicted octanol–water partition coefficient (Wildman–Crippen LogP) is 2.00. The molecule has 6 heteroatoms. The minimum atomic E-state index is -0.115. The molecule has 124 valence electrons. The van der Waals surface area contributed by atoms with Gasteiger partial charge < -0.3 is 5.32 Å². The van der Waals surface area contributed by atoms with Crippen molar-refractivity contribution in [2.45, 2.75) is 25.9 Å². The Labute approximate surface area is 139 Å². The summed E-state index contributed by atoms with van der Waals surface area (Å²) in [6.45, 7) is 2.27. The van der Waals surface area contributed by atoms with Crippen LogP contribution in [0.5, 0.6) is 0 Å². The molecule has 2 aromatic heterocycles. The first-order valence-electron chi connectivity index (χ1n) is 7.91. The summed E-state index contributed by atoms with van der Waals surface area (Å²) in [6.07, 6.45) is 3.68. The number of carbonyl (C=O) groups is 1. The van der Waals surface area contributed by atoms with E-state index in [1.807, 2.05) is 43.3 Å². The second-order valence-electron chi connectivity index (χ2n) is 5.81. The molecule has 1 N–H and O–H groups in total. The molecule has 0 bridgehead atoms. The van der Waals surface area contributed by atoms with Gasteiger partial charge in [-0.1, -0.05) is 18.2 Å². The normalized spacial score (nSPS) is 12.2. The number of carbonyl (C=O) groups excluding carboxylic acids is 1. The molecule has 1 amide bonds. The molecule has 0 saturated heterocycles. The second-order valence-corrected chi connectivity index (χ2v) is 5.81. The smallest absolute Gasteiger partial charge is 0.328 e. The zero-order valence-corrected chi connectivity index (χ0v) is 13.8. The van der Waals surface area contributed by atoms with Crippen molar-refractivity contribution in [3.05, 3.63) is 64.8 Å². The van der Waals surface area contributed by atoms with Crippen molar-refractivity contribution in [1.29, 1.82) is 0 Å². The quantitative estimate of drug-likeness (QED) is 0.780. The van der Waals surface area contributed by atoms with Crippen LogP contribution in [0, 0.1) is 0 Å². The molecule has 6 nitrogen and oxygen atoms in total. The molecule has 0 fully saturated rings. The summed E-state index contributed by atoms with van der Waals surface area (Å²) in [4.78, 5) is 28.6. The SMILES string of the molecule is CC(NC(=O)CCn1c(=O)n(C)c2ccccc21)c1cccnc1. The number of aromatic nitrogens is 3. The molecule has 2 heterocycles. The Balaban J connectivity index is 1.69. The van der Waals surface area contributed by atoms with E-state index in [2.05, 4.69) is 10.3 Å². The highest BCUT2D eigenvalue weighted by atomic mass is 16.2. The molecule has 0 aliphatic carbocycles. The third-order valence-electron chi connectivity index (χ3n) is 4.18. The van der Waals surface area contributed by atoms with E-state index in [1.54, 1.807) is 28.6 Å². The molecule has 1 atom stereocenters. The molecule has 0 saturated carbocycles. The van der Waals surface area contributed by atoms with Crippen LogP contribution in [-0.4, -0.2) is 20.0 Å². The lowest BCUT2D eigenvalue weighted by atomic mass is 10.1. The van der Waals surface area contributed by atoms with E-state index >= 15 is 0 Å². The number of fused-ring (bicyclic) bond motifs is 1. The summed E-state index contributed by atoms with van der Waals surface area (Å²) in [6, 6.07) is 11.2. The maximum atomic E-state index is 12.3. The van der Waals surface area contributed by atoms with Crippen molar-refractivity contribution < 1.29 is 4.79 Å². The van der Waals surface area contributed by atoms with Crippen molar-refractivity contribution in [3.63, 3.8) is 0 Å². The third-order valence-corrected chi connectivity index (χ3v) is 4.18. The Morgan fingerprint density at radius 1 is 1.21 bits per heavy atom. The summed E-state index contributed by atoms with van der Waals surface area (Å²) in [5.74, 6) is -0.0915. The summed E-state index contributed by atoms with van der Waals surface area (Å²) in [7, 11) is 1.74. The fourth-order valence-electron chi connectivity index (χ4n) is 2.82. The van der Waals surface area contributed by atoms with Gasteiger partial charge >= 0.3 is 5.69 Å². The number of nitrogens with one attached hydrogen (secondary N) is 1. The lowest BCUT2D eigenvalue weighted by molar-refractivity contribution is -0.121. The van der Waals surface area contributed by atoms with E-state index in [0.717, 1.165) is 16.6 Å². The summed E-state index contributed by atoms with van der Waals surface area (Å²) in [5.41, 5.74) is 2.56. The van der Waals surface area contributed by atoms with Crippen LogP contribution in [0.1, 0.15) is 24.9 Å². The first-order chi connectivity index (χ1) is 11.6. The van der Waals surface area contributed by atoms with Crippen LogP contribution >= 0.6 is 0 Å². The van der Waals surface area contributed by atoms with Crippen LogP contribution in [0.4, 0.5) is 0 Å². The zero-order chi connectivity index (χ0) is 17.1. The van der Waals surface area contributed by atoms with Crippen molar-refractivity contribution >= 4 is 16.9 Å². The molecule has 0 radical (unpaired) electrons. The number of imidazole rings is 1. The van der Waals surface area contributed by atoms with Gasteiger partial charge in [-0.25, -0.2) is 4.79 Å². The maximum Gasteiger partial charge on any atom is 0.328 e. The molecule has 3 rings (SSSR count). The summed E-state index contributed by atoms with van der Waals surface area (Å²) >= 11 is 0. The highest BCUT2D eigenvalue weighted by molar-refractivity contribution is 5.78. The largest absolute Gasteiger partial charge is 0.349 e. The molecule has 0 aliphatic heterocycles. The highest BCUT2D eigenvalue weighted by Crippen LogP contribution is 2.13. The van der Waals surface area contributed by atoms with Crippen LogP contribution in [0.15, 0.2) is 53.6 Å². The summed E-state index contributed by atoms with van der Waals surface area (Å²) < 4.78 is 3.25. The average molecular weight is 324 g/mol. The van der Waals surface area contributed by atoms with Gasteiger partial charge in [0.1, 0.15) is 0 Å². The first kappa shape index (κ1) is 16.0. The van der Waals surface area contributed by atoms with E-state index in [4.69, 9.17) is 0 Å². The van der Waals surface area contributed by atoms with Gasteiger partial charge in [-0.2, -0.15) is 0 Å². The standard InChI is InChI=1S/C18H20N4O2/c1-13(14-6-5-10-19-12-14)20-17(23)9-11-22-16-8-4-3-7-15(16)21(2)18(22)24/h3-8,10,12-13H,9,11H2,1-2H3,(H,20,23). The number of para-hydroxylation sites is 2. The van der Waals surface area contributed by atoms with Crippen molar-refractivity contribution in [2.75, 3.05) is 0 Å². The lowest BCUT2D eigenvalue weighted by Gasteiger charge is -2.14. The number of rotatable bonds is 5. The maximum absolute atomic E-state index is 12.3. The van der Waals surface area contributed by atoms with E-state index in [9.17, 15) is 9.59 Å². The predicted molar refractivity (Wildman–Crippen MR) is 92.6 cm³/mol. The molecule has 1 aromatic carbocycles. The van der Waals surface area contributed by atoms with Gasteiger partial charge in [-0.05, 0) is 30.7 Å². The molecule has 1 unspecified atom stereocenters. The minimum absolute atomic E-state index is 0.0915. The van der Waals surface area contributed by atoms with Gasteiger partial charge in [0.2, 0.25) is 5.91 Å². The van der Waals surface area contributed by atoms with E-state index in [0.29, 0.717) is 6.54 Å². The van der Waals surface area contributed by atoms with Crippen LogP contribution in [0.25, 0.3) is 11.0 Å². The fraction of sp³-hybridized carbons (Fsp3) is 0.278. The molecular formula is C18H20N4O2. The van der Waals surface area contributed by atoms with E-state index < -0.39 is 0 Å². The van der Waals surface area contributed by atoms with Gasteiger partial charge in [0.25, 0.3) is 0 Å². The van der Waals surface area contributed by atoms with Crippen LogP contribution in [0.2, 0.25) is 0 Å². The fourth-order valence-corrected chi connectivity index (χ4v) is 2.82. The number of pyridine rings is 1. The van der Waals surface area contributed by atoms with Crippen LogP contribution in [0.3, 0.4) is 0 Å². The Morgan fingerprint density at radius 3 is 2.67 bits per heavy atom. The van der Waals surface area contributed by atoms with Gasteiger partial charge in [-0.15, -0.1) is 0 Å². The molecule has 0 spiro atoms. The van der Waals surface area contributed by atoms with E-state index in [-0.39, 0.29) is 24.1 Å². The zero-order valence-electron chi connectivity index (χ0n) is 13.8. The molecule has 3 aromatic rings. The van der Waals surface area contributed by atoms with Crippen molar-refractivity contribution in [2.24, 2.45) is 7.05 Å². The van der Waals surface area contributed by atoms with Crippen LogP contribution in [-0.2, 0) is 18.4 Å². The Kier molecular flexibility index (Phi) is 4.46. The van der Waals surface area contributed by atoms with Crippen LogP contribution < -0.4 is 11.0 Å². The van der Waals surface area contributed by atoms with Crippen molar-refractivity contribution in [3.8, 4) is 0 Å². The number of hydrogen-bond acceptors (Lipinski definition) is 3. The third kappa shape index (κ3) is 3.08. The Morgan fingerprint density at radius 2 is 1.96 bits per heavy atom. The summed E-state index contributed by atoms with van der Waals surface area (Å²) in [5, 5.41) is 2.94. The average Bonchev–Trinajstić information content (AvgIpc) is 2.85. The number of amides is 1. The second kappa shape index (κ2) is 6.70. The number of benzene rings is 1. The van der Waals surface area contributed by atoms with Gasteiger partial charge in [0.05, 0.1) is 17.1 Å². The van der Waals surface area contributed by atoms with Gasteiger partial charge in [-0.3, -0.25) is 18.9 Å². The van der Waals surface area contributed by atoms with Gasteiger partial charge in [0, 0.05) is 32.4 Å². The number of nitrogens with zero attached hydrogens (tertiary/aromatic N) is 3. The lowest BCUT2D eigenvalue weighted by Crippen LogP contribution is -2.29. The van der Waals surface area contributed by atoms with Crippen molar-refractivity contribution in [1.82, 2.24) is 19.4 Å². The van der Waals surface area contributed by atoms with Gasteiger partial charge in [0.15, 0.2) is 0 Å². The number of aryl methyl sites for hydroxylation is 2.